The van der Waals surface area contributed by atoms with Crippen LogP contribution in [0.2, 0.25) is 0 Å². The van der Waals surface area contributed by atoms with Crippen molar-refractivity contribution >= 4 is 97.8 Å². The number of halogens is 4. The summed E-state index contributed by atoms with van der Waals surface area (Å²) in [4.78, 5) is 4.65. The van der Waals surface area contributed by atoms with E-state index in [-0.39, 0.29) is 5.41 Å². The fourth-order valence-electron chi connectivity index (χ4n) is 6.25. The van der Waals surface area contributed by atoms with Gasteiger partial charge in [-0.25, -0.2) is 0 Å². The van der Waals surface area contributed by atoms with Crippen LogP contribution in [0.5, 0.6) is 0 Å². The molecular formula is C39H28Br4N2. The van der Waals surface area contributed by atoms with Crippen LogP contribution >= 0.6 is 63.7 Å². The molecule has 0 heterocycles. The highest BCUT2D eigenvalue weighted by molar-refractivity contribution is 9.11. The smallest absolute Gasteiger partial charge is 0.0465 e. The second-order valence-electron chi connectivity index (χ2n) is 11.7. The van der Waals surface area contributed by atoms with Crippen molar-refractivity contribution in [1.29, 1.82) is 0 Å². The van der Waals surface area contributed by atoms with E-state index in [9.17, 15) is 0 Å². The average Bonchev–Trinajstić information content (AvgIpc) is 3.26. The Morgan fingerprint density at radius 3 is 0.867 bits per heavy atom. The molecule has 1 aliphatic carbocycles. The van der Waals surface area contributed by atoms with Gasteiger partial charge in [0.25, 0.3) is 0 Å². The van der Waals surface area contributed by atoms with Gasteiger partial charge in [-0.2, -0.15) is 0 Å². The Bertz CT molecular complexity index is 1760. The topological polar surface area (TPSA) is 6.48 Å². The maximum Gasteiger partial charge on any atom is 0.0465 e. The lowest BCUT2D eigenvalue weighted by Gasteiger charge is -2.29. The second-order valence-corrected chi connectivity index (χ2v) is 15.3. The highest BCUT2D eigenvalue weighted by Gasteiger charge is 2.36. The minimum atomic E-state index is -0.201. The maximum absolute atomic E-state index is 3.61. The van der Waals surface area contributed by atoms with Gasteiger partial charge in [0.1, 0.15) is 0 Å². The molecule has 45 heavy (non-hydrogen) atoms. The first kappa shape index (κ1) is 30.5. The third-order valence-electron chi connectivity index (χ3n) is 8.50. The first-order valence-corrected chi connectivity index (χ1v) is 17.8. The third kappa shape index (κ3) is 5.83. The zero-order valence-corrected chi connectivity index (χ0v) is 31.0. The molecule has 0 spiro atoms. The number of anilines is 6. The van der Waals surface area contributed by atoms with Crippen molar-refractivity contribution in [2.45, 2.75) is 19.3 Å². The molecule has 0 fully saturated rings. The molecule has 6 aromatic carbocycles. The van der Waals surface area contributed by atoms with Gasteiger partial charge < -0.3 is 9.80 Å². The monoisotopic (exact) mass is 840 g/mol. The van der Waals surface area contributed by atoms with Crippen LogP contribution in [0.25, 0.3) is 11.1 Å². The number of fused-ring (bicyclic) bond motifs is 3. The summed E-state index contributed by atoms with van der Waals surface area (Å²) in [5.41, 5.74) is 11.7. The van der Waals surface area contributed by atoms with Crippen LogP contribution in [0, 0.1) is 0 Å². The Labute approximate surface area is 298 Å². The first-order chi connectivity index (χ1) is 21.7. The molecule has 0 saturated carbocycles. The quantitative estimate of drug-likeness (QED) is 0.165. The predicted octanol–water partition coefficient (Wildman–Crippen LogP) is 14.0. The van der Waals surface area contributed by atoms with Crippen LogP contribution in [0.15, 0.2) is 151 Å². The molecule has 222 valence electrons. The second kappa shape index (κ2) is 12.2. The zero-order chi connectivity index (χ0) is 31.3. The van der Waals surface area contributed by atoms with Gasteiger partial charge in [0, 0.05) is 57.4 Å². The fraction of sp³-hybridized carbons (Fsp3) is 0.0769. The fourth-order valence-corrected chi connectivity index (χ4v) is 7.30. The summed E-state index contributed by atoms with van der Waals surface area (Å²) in [6.07, 6.45) is 0. The summed E-state index contributed by atoms with van der Waals surface area (Å²) in [7, 11) is 0. The predicted molar refractivity (Wildman–Crippen MR) is 204 cm³/mol. The first-order valence-electron chi connectivity index (χ1n) is 14.6. The Morgan fingerprint density at radius 1 is 0.356 bits per heavy atom. The average molecular weight is 844 g/mol. The SMILES string of the molecule is CC1(C)c2cc(N(c3ccc(Br)cc3)c3ccc(Br)cc3)ccc2-c2ccc(N(c3ccc(Br)cc3)c3ccc(Br)cc3)cc21. The molecule has 0 bridgehead atoms. The third-order valence-corrected chi connectivity index (χ3v) is 10.6. The Morgan fingerprint density at radius 2 is 0.600 bits per heavy atom. The molecule has 0 aromatic heterocycles. The van der Waals surface area contributed by atoms with Crippen LogP contribution in [0.1, 0.15) is 25.0 Å². The van der Waals surface area contributed by atoms with Crippen molar-refractivity contribution in [2.24, 2.45) is 0 Å². The minimum absolute atomic E-state index is 0.201. The van der Waals surface area contributed by atoms with E-state index in [2.05, 4.69) is 221 Å². The number of benzene rings is 6. The minimum Gasteiger partial charge on any atom is -0.310 e. The van der Waals surface area contributed by atoms with Gasteiger partial charge in [-0.3, -0.25) is 0 Å². The Hall–Kier alpha value is -3.16. The number of hydrogen-bond donors (Lipinski definition) is 0. The zero-order valence-electron chi connectivity index (χ0n) is 24.6. The lowest BCUT2D eigenvalue weighted by molar-refractivity contribution is 0.660. The molecule has 0 atom stereocenters. The lowest BCUT2D eigenvalue weighted by Crippen LogP contribution is -2.17. The van der Waals surface area contributed by atoms with Crippen molar-refractivity contribution in [2.75, 3.05) is 9.80 Å². The maximum atomic E-state index is 3.61. The van der Waals surface area contributed by atoms with Crippen molar-refractivity contribution in [1.82, 2.24) is 0 Å². The summed E-state index contributed by atoms with van der Waals surface area (Å²) in [6.45, 7) is 4.69. The summed E-state index contributed by atoms with van der Waals surface area (Å²) in [5.74, 6) is 0. The molecular weight excluding hydrogens is 816 g/mol. The molecule has 0 aliphatic heterocycles. The molecule has 7 rings (SSSR count). The van der Waals surface area contributed by atoms with E-state index in [1.807, 2.05) is 0 Å². The molecule has 0 N–H and O–H groups in total. The van der Waals surface area contributed by atoms with E-state index in [0.717, 1.165) is 52.0 Å². The molecule has 0 radical (unpaired) electrons. The van der Waals surface area contributed by atoms with Gasteiger partial charge in [0.2, 0.25) is 0 Å². The van der Waals surface area contributed by atoms with Crippen LogP contribution in [-0.4, -0.2) is 0 Å². The van der Waals surface area contributed by atoms with Crippen molar-refractivity contribution in [3.63, 3.8) is 0 Å². The van der Waals surface area contributed by atoms with Crippen molar-refractivity contribution in [3.05, 3.63) is 162 Å². The summed E-state index contributed by atoms with van der Waals surface area (Å²) < 4.78 is 4.24. The molecule has 6 aromatic rings. The van der Waals surface area contributed by atoms with Crippen LogP contribution in [0.3, 0.4) is 0 Å². The standard InChI is InChI=1S/C39H28Br4N2/c1-39(2)37-23-33(44(29-11-3-25(40)4-12-29)30-13-5-26(41)6-14-30)19-21-35(37)36-22-20-34(24-38(36)39)45(31-15-7-27(42)8-16-31)32-17-9-28(43)10-18-32/h3-24H,1-2H3. The van der Waals surface area contributed by atoms with E-state index >= 15 is 0 Å². The molecule has 6 heteroatoms. The van der Waals surface area contributed by atoms with Gasteiger partial charge in [-0.1, -0.05) is 89.7 Å². The highest BCUT2D eigenvalue weighted by Crippen LogP contribution is 2.52. The molecule has 1 aliphatic rings. The van der Waals surface area contributed by atoms with Gasteiger partial charge in [-0.15, -0.1) is 0 Å². The molecule has 0 amide bonds. The molecule has 0 unspecified atom stereocenters. The molecule has 2 nitrogen and oxygen atoms in total. The highest BCUT2D eigenvalue weighted by atomic mass is 79.9. The summed E-state index contributed by atoms with van der Waals surface area (Å²) in [5, 5.41) is 0. The van der Waals surface area contributed by atoms with Gasteiger partial charge >= 0.3 is 0 Å². The number of nitrogens with zero attached hydrogens (tertiary/aromatic N) is 2. The van der Waals surface area contributed by atoms with Crippen molar-refractivity contribution < 1.29 is 0 Å². The van der Waals surface area contributed by atoms with Crippen LogP contribution < -0.4 is 9.80 Å². The van der Waals surface area contributed by atoms with E-state index in [1.54, 1.807) is 0 Å². The number of hydrogen-bond acceptors (Lipinski definition) is 2. The summed E-state index contributed by atoms with van der Waals surface area (Å²) in [6, 6.07) is 47.9. The van der Waals surface area contributed by atoms with E-state index in [4.69, 9.17) is 0 Å². The van der Waals surface area contributed by atoms with E-state index < -0.39 is 0 Å². The Kier molecular flexibility index (Phi) is 8.28. The van der Waals surface area contributed by atoms with Crippen LogP contribution in [0.4, 0.5) is 34.1 Å². The lowest BCUT2D eigenvalue weighted by atomic mass is 9.82. The normalized spacial score (nSPS) is 12.8. The van der Waals surface area contributed by atoms with Crippen molar-refractivity contribution in [3.8, 4) is 11.1 Å². The van der Waals surface area contributed by atoms with E-state index in [0.29, 0.717) is 0 Å². The molecule has 0 saturated heterocycles. The number of rotatable bonds is 6. The van der Waals surface area contributed by atoms with Gasteiger partial charge in [0.15, 0.2) is 0 Å². The van der Waals surface area contributed by atoms with E-state index in [1.165, 1.54) is 22.3 Å². The largest absolute Gasteiger partial charge is 0.310 e. The van der Waals surface area contributed by atoms with Crippen LogP contribution in [-0.2, 0) is 5.41 Å². The summed E-state index contributed by atoms with van der Waals surface area (Å²) >= 11 is 14.4. The van der Waals surface area contributed by atoms with Gasteiger partial charge in [-0.05, 0) is 144 Å². The Balaban J connectivity index is 1.33. The van der Waals surface area contributed by atoms with Gasteiger partial charge in [0.05, 0.1) is 0 Å².